The molecule has 17 heavy (non-hydrogen) atoms. The van der Waals surface area contributed by atoms with Crippen molar-refractivity contribution in [3.05, 3.63) is 0 Å². The Hall–Kier alpha value is -1.10. The Bertz CT molecular complexity index is 254. The normalized spacial score (nSPS) is 12.4. The Morgan fingerprint density at radius 1 is 1.29 bits per heavy atom. The van der Waals surface area contributed by atoms with Gasteiger partial charge in [0.15, 0.2) is 0 Å². The molecule has 2 amide bonds. The molecule has 1 atom stereocenters. The first-order chi connectivity index (χ1) is 7.92. The van der Waals surface area contributed by atoms with Crippen LogP contribution in [0, 0.1) is 0 Å². The number of nitrogens with zero attached hydrogens (tertiary/aromatic N) is 1. The highest BCUT2D eigenvalue weighted by Gasteiger charge is 2.21. The number of hydrogen-bond acceptors (Lipinski definition) is 3. The van der Waals surface area contributed by atoms with E-state index >= 15 is 0 Å². The topological polar surface area (TPSA) is 75.4 Å². The summed E-state index contributed by atoms with van der Waals surface area (Å²) in [6.07, 6.45) is 1.52. The third-order valence-corrected chi connectivity index (χ3v) is 2.39. The summed E-state index contributed by atoms with van der Waals surface area (Å²) in [7, 11) is 0. The summed E-state index contributed by atoms with van der Waals surface area (Å²) in [5.41, 5.74) is 5.76. The number of carbonyl (C=O) groups excluding carboxylic acids is 2. The molecule has 0 aliphatic heterocycles. The zero-order valence-corrected chi connectivity index (χ0v) is 11.3. The molecule has 0 aliphatic rings. The monoisotopic (exact) mass is 243 g/mol. The number of carbonyl (C=O) groups is 2. The van der Waals surface area contributed by atoms with Crippen LogP contribution in [-0.2, 0) is 9.59 Å². The maximum absolute atomic E-state index is 11.9. The highest BCUT2D eigenvalue weighted by atomic mass is 16.2. The Morgan fingerprint density at radius 3 is 2.29 bits per heavy atom. The molecule has 0 aromatic rings. The molecule has 0 spiro atoms. The number of hydrogen-bond donors (Lipinski definition) is 2. The zero-order chi connectivity index (χ0) is 13.4. The minimum absolute atomic E-state index is 0.0839. The number of amides is 2. The fourth-order valence-corrected chi connectivity index (χ4v) is 1.56. The number of nitrogens with two attached hydrogens (primary N) is 1. The van der Waals surface area contributed by atoms with Gasteiger partial charge >= 0.3 is 0 Å². The molecule has 0 saturated carbocycles. The van der Waals surface area contributed by atoms with Gasteiger partial charge in [0.05, 0.1) is 12.6 Å². The largest absolute Gasteiger partial charge is 0.352 e. The van der Waals surface area contributed by atoms with Crippen molar-refractivity contribution in [2.45, 2.75) is 52.6 Å². The fraction of sp³-hybridized carbons (Fsp3) is 0.833. The first-order valence-corrected chi connectivity index (χ1v) is 6.26. The summed E-state index contributed by atoms with van der Waals surface area (Å²) in [6.45, 7) is 8.19. The average molecular weight is 243 g/mol. The molecule has 0 heterocycles. The molecule has 3 N–H and O–H groups in total. The van der Waals surface area contributed by atoms with Gasteiger partial charge in [-0.1, -0.05) is 13.3 Å². The maximum Gasteiger partial charge on any atom is 0.239 e. The molecule has 0 rings (SSSR count). The third kappa shape index (κ3) is 6.26. The van der Waals surface area contributed by atoms with Crippen molar-refractivity contribution in [1.29, 1.82) is 0 Å². The van der Waals surface area contributed by atoms with Crippen molar-refractivity contribution >= 4 is 11.8 Å². The van der Waals surface area contributed by atoms with Gasteiger partial charge in [0, 0.05) is 12.6 Å². The van der Waals surface area contributed by atoms with E-state index in [9.17, 15) is 9.59 Å². The Kier molecular flexibility index (Phi) is 7.54. The molecule has 0 fully saturated rings. The predicted molar refractivity (Wildman–Crippen MR) is 68.4 cm³/mol. The summed E-state index contributed by atoms with van der Waals surface area (Å²) in [4.78, 5) is 25.0. The Morgan fingerprint density at radius 2 is 1.88 bits per heavy atom. The molecule has 100 valence electrons. The van der Waals surface area contributed by atoms with Crippen LogP contribution in [0.1, 0.15) is 40.5 Å². The molecule has 0 saturated heterocycles. The van der Waals surface area contributed by atoms with Gasteiger partial charge in [-0.25, -0.2) is 0 Å². The van der Waals surface area contributed by atoms with Crippen LogP contribution in [0.3, 0.4) is 0 Å². The average Bonchev–Trinajstić information content (AvgIpc) is 2.24. The van der Waals surface area contributed by atoms with E-state index < -0.39 is 6.04 Å². The minimum atomic E-state index is -0.494. The van der Waals surface area contributed by atoms with E-state index in [0.717, 1.165) is 6.42 Å². The highest BCUT2D eigenvalue weighted by Crippen LogP contribution is 2.00. The lowest BCUT2D eigenvalue weighted by atomic mass is 10.1. The smallest absolute Gasteiger partial charge is 0.239 e. The third-order valence-electron chi connectivity index (χ3n) is 2.39. The van der Waals surface area contributed by atoms with Crippen molar-refractivity contribution in [3.8, 4) is 0 Å². The van der Waals surface area contributed by atoms with Gasteiger partial charge in [0.1, 0.15) is 0 Å². The Balaban J connectivity index is 4.32. The lowest BCUT2D eigenvalue weighted by molar-refractivity contribution is -0.137. The Labute approximate surface area is 104 Å². The first-order valence-electron chi connectivity index (χ1n) is 6.26. The zero-order valence-electron chi connectivity index (χ0n) is 11.3. The van der Waals surface area contributed by atoms with Gasteiger partial charge in [-0.2, -0.15) is 0 Å². The van der Waals surface area contributed by atoms with Crippen LogP contribution in [0.15, 0.2) is 0 Å². The van der Waals surface area contributed by atoms with Gasteiger partial charge in [-0.3, -0.25) is 9.59 Å². The molecule has 5 heteroatoms. The van der Waals surface area contributed by atoms with Gasteiger partial charge in [-0.15, -0.1) is 0 Å². The van der Waals surface area contributed by atoms with E-state index in [1.54, 1.807) is 0 Å². The van der Waals surface area contributed by atoms with E-state index in [4.69, 9.17) is 5.73 Å². The van der Waals surface area contributed by atoms with Crippen LogP contribution in [0.2, 0.25) is 0 Å². The second-order valence-corrected chi connectivity index (χ2v) is 4.47. The predicted octanol–water partition coefficient (Wildman–Crippen LogP) is 0.487. The molecule has 0 unspecified atom stereocenters. The van der Waals surface area contributed by atoms with E-state index in [1.807, 2.05) is 27.7 Å². The van der Waals surface area contributed by atoms with E-state index in [0.29, 0.717) is 13.0 Å². The maximum atomic E-state index is 11.9. The van der Waals surface area contributed by atoms with Crippen LogP contribution in [0.25, 0.3) is 0 Å². The summed E-state index contributed by atoms with van der Waals surface area (Å²) >= 11 is 0. The van der Waals surface area contributed by atoms with Crippen molar-refractivity contribution in [3.63, 3.8) is 0 Å². The number of likely N-dealkylation sites (N-methyl/N-ethyl adjacent to an activating group) is 1. The lowest BCUT2D eigenvalue weighted by Gasteiger charge is -2.24. The quantitative estimate of drug-likeness (QED) is 0.683. The van der Waals surface area contributed by atoms with Crippen LogP contribution >= 0.6 is 0 Å². The summed E-state index contributed by atoms with van der Waals surface area (Å²) in [5.74, 6) is -0.285. The van der Waals surface area contributed by atoms with Crippen LogP contribution in [-0.4, -0.2) is 41.9 Å². The van der Waals surface area contributed by atoms with Crippen molar-refractivity contribution in [2.24, 2.45) is 5.73 Å². The van der Waals surface area contributed by atoms with Crippen molar-refractivity contribution < 1.29 is 9.59 Å². The summed E-state index contributed by atoms with van der Waals surface area (Å²) in [5, 5.41) is 2.76. The van der Waals surface area contributed by atoms with Crippen LogP contribution < -0.4 is 11.1 Å². The second kappa shape index (κ2) is 8.06. The molecule has 0 aromatic carbocycles. The van der Waals surface area contributed by atoms with E-state index in [-0.39, 0.29) is 24.4 Å². The molecular formula is C12H25N3O2. The fourth-order valence-electron chi connectivity index (χ4n) is 1.56. The summed E-state index contributed by atoms with van der Waals surface area (Å²) in [6, 6.07) is -0.410. The molecule has 0 radical (unpaired) electrons. The van der Waals surface area contributed by atoms with Crippen molar-refractivity contribution in [2.75, 3.05) is 13.1 Å². The lowest BCUT2D eigenvalue weighted by Crippen LogP contribution is -2.48. The molecular weight excluding hydrogens is 218 g/mol. The van der Waals surface area contributed by atoms with Gasteiger partial charge < -0.3 is 16.0 Å². The molecule has 5 nitrogen and oxygen atoms in total. The van der Waals surface area contributed by atoms with Crippen LogP contribution in [0.4, 0.5) is 0 Å². The van der Waals surface area contributed by atoms with Gasteiger partial charge in [0.25, 0.3) is 0 Å². The van der Waals surface area contributed by atoms with Crippen molar-refractivity contribution in [1.82, 2.24) is 10.2 Å². The number of nitrogens with one attached hydrogen (secondary N) is 1. The van der Waals surface area contributed by atoms with E-state index in [1.165, 1.54) is 4.90 Å². The van der Waals surface area contributed by atoms with Crippen LogP contribution in [0.5, 0.6) is 0 Å². The second-order valence-electron chi connectivity index (χ2n) is 4.47. The van der Waals surface area contributed by atoms with E-state index in [2.05, 4.69) is 5.32 Å². The molecule has 0 aliphatic carbocycles. The first kappa shape index (κ1) is 15.9. The number of rotatable bonds is 7. The molecule has 0 bridgehead atoms. The standard InChI is InChI=1S/C12H25N3O2/c1-5-7-10(13)12(17)15(6-2)8-11(16)14-9(3)4/h9-10H,5-8,13H2,1-4H3,(H,14,16)/t10-/m1/s1. The minimum Gasteiger partial charge on any atom is -0.352 e. The van der Waals surface area contributed by atoms with Gasteiger partial charge in [0.2, 0.25) is 11.8 Å². The highest BCUT2D eigenvalue weighted by molar-refractivity contribution is 5.87. The van der Waals surface area contributed by atoms with Gasteiger partial charge in [-0.05, 0) is 27.2 Å². The molecule has 0 aromatic heterocycles. The summed E-state index contributed by atoms with van der Waals surface area (Å²) < 4.78 is 0. The SMILES string of the molecule is CCC[C@@H](N)C(=O)N(CC)CC(=O)NC(C)C.